The average Bonchev–Trinajstić information content (AvgIpc) is 2.97. The Labute approximate surface area is 136 Å². The lowest BCUT2D eigenvalue weighted by atomic mass is 10.2. The molecule has 1 aromatic heterocycles. The zero-order valence-corrected chi connectivity index (χ0v) is 13.4. The smallest absolute Gasteiger partial charge is 0.227 e. The zero-order chi connectivity index (χ0) is 14.7. The summed E-state index contributed by atoms with van der Waals surface area (Å²) in [6, 6.07) is 10.3. The van der Waals surface area contributed by atoms with Crippen molar-refractivity contribution in [2.24, 2.45) is 0 Å². The molecule has 1 unspecified atom stereocenters. The van der Waals surface area contributed by atoms with Gasteiger partial charge in [0.25, 0.3) is 0 Å². The van der Waals surface area contributed by atoms with Gasteiger partial charge in [-0.3, -0.25) is 4.79 Å². The Morgan fingerprint density at radius 3 is 2.86 bits per heavy atom. The van der Waals surface area contributed by atoms with Crippen LogP contribution in [0.1, 0.15) is 12.5 Å². The molecular formula is C16H21ClN4O. The van der Waals surface area contributed by atoms with Gasteiger partial charge in [-0.15, -0.1) is 12.4 Å². The van der Waals surface area contributed by atoms with Gasteiger partial charge in [0.2, 0.25) is 5.91 Å². The van der Waals surface area contributed by atoms with Crippen molar-refractivity contribution >= 4 is 18.3 Å². The number of rotatable bonds is 3. The summed E-state index contributed by atoms with van der Waals surface area (Å²) in [5.74, 6) is 0.177. The van der Waals surface area contributed by atoms with Crippen molar-refractivity contribution < 1.29 is 4.79 Å². The van der Waals surface area contributed by atoms with E-state index in [1.54, 1.807) is 6.20 Å². The minimum Gasteiger partial charge on any atom is -0.340 e. The van der Waals surface area contributed by atoms with E-state index in [4.69, 9.17) is 0 Å². The minimum absolute atomic E-state index is 0. The Morgan fingerprint density at radius 1 is 1.36 bits per heavy atom. The largest absolute Gasteiger partial charge is 0.340 e. The molecule has 1 aliphatic heterocycles. The summed E-state index contributed by atoms with van der Waals surface area (Å²) in [7, 11) is 0. The summed E-state index contributed by atoms with van der Waals surface area (Å²) < 4.78 is 1.81. The van der Waals surface area contributed by atoms with Gasteiger partial charge >= 0.3 is 0 Å². The van der Waals surface area contributed by atoms with Crippen LogP contribution >= 0.6 is 12.4 Å². The van der Waals surface area contributed by atoms with Gasteiger partial charge in [0.15, 0.2) is 0 Å². The lowest BCUT2D eigenvalue weighted by Gasteiger charge is -2.31. The standard InChI is InChI=1S/C16H20N4O.ClH/c1-13-11-19(8-7-17-13)16(21)9-14-10-18-20(12-14)15-5-3-2-4-6-15;/h2-6,10,12-13,17H,7-9,11H2,1H3;1H. The second-order valence-corrected chi connectivity index (χ2v) is 5.50. The van der Waals surface area contributed by atoms with Crippen molar-refractivity contribution in [2.45, 2.75) is 19.4 Å². The number of carbonyl (C=O) groups is 1. The first kappa shape index (κ1) is 16.5. The summed E-state index contributed by atoms with van der Waals surface area (Å²) in [6.07, 6.45) is 4.12. The molecule has 6 heteroatoms. The number of benzene rings is 1. The van der Waals surface area contributed by atoms with Gasteiger partial charge in [0.05, 0.1) is 18.3 Å². The molecule has 1 atom stereocenters. The molecule has 5 nitrogen and oxygen atoms in total. The van der Waals surface area contributed by atoms with Gasteiger partial charge in [0.1, 0.15) is 0 Å². The number of nitrogens with zero attached hydrogens (tertiary/aromatic N) is 3. The van der Waals surface area contributed by atoms with E-state index < -0.39 is 0 Å². The maximum absolute atomic E-state index is 12.3. The van der Waals surface area contributed by atoms with Crippen LogP contribution in [-0.4, -0.2) is 46.3 Å². The first-order valence-corrected chi connectivity index (χ1v) is 7.32. The van der Waals surface area contributed by atoms with Crippen LogP contribution < -0.4 is 5.32 Å². The second-order valence-electron chi connectivity index (χ2n) is 5.50. The van der Waals surface area contributed by atoms with E-state index in [9.17, 15) is 4.79 Å². The van der Waals surface area contributed by atoms with Crippen molar-refractivity contribution in [1.82, 2.24) is 20.0 Å². The number of aromatic nitrogens is 2. The van der Waals surface area contributed by atoms with Crippen LogP contribution in [0.25, 0.3) is 5.69 Å². The number of hydrogen-bond donors (Lipinski definition) is 1. The van der Waals surface area contributed by atoms with Gasteiger partial charge in [-0.2, -0.15) is 5.10 Å². The van der Waals surface area contributed by atoms with Crippen LogP contribution in [-0.2, 0) is 11.2 Å². The highest BCUT2D eigenvalue weighted by molar-refractivity contribution is 5.85. The highest BCUT2D eigenvalue weighted by Crippen LogP contribution is 2.10. The molecule has 1 aromatic carbocycles. The Balaban J connectivity index is 0.00000176. The fourth-order valence-electron chi connectivity index (χ4n) is 2.62. The maximum atomic E-state index is 12.3. The van der Waals surface area contributed by atoms with Gasteiger partial charge in [-0.25, -0.2) is 4.68 Å². The number of hydrogen-bond acceptors (Lipinski definition) is 3. The molecule has 0 aliphatic carbocycles. The molecule has 1 fully saturated rings. The number of para-hydroxylation sites is 1. The summed E-state index contributed by atoms with van der Waals surface area (Å²) in [5, 5.41) is 7.68. The number of carbonyl (C=O) groups excluding carboxylic acids is 1. The Bertz CT molecular complexity index is 614. The molecule has 22 heavy (non-hydrogen) atoms. The molecule has 118 valence electrons. The fourth-order valence-corrected chi connectivity index (χ4v) is 2.62. The van der Waals surface area contributed by atoms with Crippen molar-refractivity contribution in [3.8, 4) is 5.69 Å². The third kappa shape index (κ3) is 3.87. The molecule has 1 N–H and O–H groups in total. The molecule has 3 rings (SSSR count). The van der Waals surface area contributed by atoms with E-state index in [0.29, 0.717) is 12.5 Å². The molecule has 1 amide bonds. The fraction of sp³-hybridized carbons (Fsp3) is 0.375. The first-order valence-electron chi connectivity index (χ1n) is 7.32. The lowest BCUT2D eigenvalue weighted by molar-refractivity contribution is -0.131. The molecule has 1 saturated heterocycles. The topological polar surface area (TPSA) is 50.2 Å². The summed E-state index contributed by atoms with van der Waals surface area (Å²) in [4.78, 5) is 14.3. The zero-order valence-electron chi connectivity index (χ0n) is 12.6. The molecule has 2 aromatic rings. The summed E-state index contributed by atoms with van der Waals surface area (Å²) in [5.41, 5.74) is 1.96. The van der Waals surface area contributed by atoms with Crippen molar-refractivity contribution in [1.29, 1.82) is 0 Å². The highest BCUT2D eigenvalue weighted by atomic mass is 35.5. The number of amides is 1. The van der Waals surface area contributed by atoms with E-state index in [1.165, 1.54) is 0 Å². The summed E-state index contributed by atoms with van der Waals surface area (Å²) in [6.45, 7) is 4.55. The maximum Gasteiger partial charge on any atom is 0.227 e. The monoisotopic (exact) mass is 320 g/mol. The van der Waals surface area contributed by atoms with Crippen LogP contribution in [0.5, 0.6) is 0 Å². The molecule has 0 bridgehead atoms. The Kier molecular flexibility index (Phi) is 5.57. The van der Waals surface area contributed by atoms with Gasteiger partial charge in [-0.1, -0.05) is 18.2 Å². The normalized spacial score (nSPS) is 17.9. The van der Waals surface area contributed by atoms with Crippen LogP contribution in [0.2, 0.25) is 0 Å². The van der Waals surface area contributed by atoms with Crippen LogP contribution in [0.3, 0.4) is 0 Å². The van der Waals surface area contributed by atoms with Crippen LogP contribution in [0.4, 0.5) is 0 Å². The predicted molar refractivity (Wildman–Crippen MR) is 88.6 cm³/mol. The first-order chi connectivity index (χ1) is 10.2. The van der Waals surface area contributed by atoms with Crippen LogP contribution in [0, 0.1) is 0 Å². The van der Waals surface area contributed by atoms with E-state index >= 15 is 0 Å². The Hall–Kier alpha value is -1.85. The van der Waals surface area contributed by atoms with Gasteiger partial charge < -0.3 is 10.2 Å². The van der Waals surface area contributed by atoms with Crippen LogP contribution in [0.15, 0.2) is 42.7 Å². The van der Waals surface area contributed by atoms with E-state index in [-0.39, 0.29) is 18.3 Å². The molecule has 2 heterocycles. The third-order valence-corrected chi connectivity index (χ3v) is 3.73. The Morgan fingerprint density at radius 2 is 2.14 bits per heavy atom. The SMILES string of the molecule is CC1CN(C(=O)Cc2cnn(-c3ccccc3)c2)CCN1.Cl. The molecule has 0 radical (unpaired) electrons. The lowest BCUT2D eigenvalue weighted by Crippen LogP contribution is -2.51. The third-order valence-electron chi connectivity index (χ3n) is 3.73. The average molecular weight is 321 g/mol. The summed E-state index contributed by atoms with van der Waals surface area (Å²) >= 11 is 0. The number of piperazine rings is 1. The van der Waals surface area contributed by atoms with E-state index in [0.717, 1.165) is 30.9 Å². The molecular weight excluding hydrogens is 300 g/mol. The predicted octanol–water partition coefficient (Wildman–Crippen LogP) is 1.66. The van der Waals surface area contributed by atoms with Crippen molar-refractivity contribution in [3.63, 3.8) is 0 Å². The van der Waals surface area contributed by atoms with Gasteiger partial charge in [0, 0.05) is 31.9 Å². The molecule has 1 aliphatic rings. The van der Waals surface area contributed by atoms with Gasteiger partial charge in [-0.05, 0) is 24.6 Å². The minimum atomic E-state index is 0. The van der Waals surface area contributed by atoms with Crippen molar-refractivity contribution in [3.05, 3.63) is 48.3 Å². The van der Waals surface area contributed by atoms with E-state index in [2.05, 4.69) is 17.3 Å². The number of halogens is 1. The van der Waals surface area contributed by atoms with E-state index in [1.807, 2.05) is 46.1 Å². The second kappa shape index (κ2) is 7.42. The van der Waals surface area contributed by atoms with Crippen molar-refractivity contribution in [2.75, 3.05) is 19.6 Å². The molecule has 0 saturated carbocycles. The number of nitrogens with one attached hydrogen (secondary N) is 1. The quantitative estimate of drug-likeness (QED) is 0.935. The molecule has 0 spiro atoms. The highest BCUT2D eigenvalue weighted by Gasteiger charge is 2.20.